The van der Waals surface area contributed by atoms with Crippen LogP contribution in [0.3, 0.4) is 0 Å². The highest BCUT2D eigenvalue weighted by Crippen LogP contribution is 2.42. The fraction of sp³-hybridized carbons (Fsp3) is 0.636. The molecule has 1 saturated heterocycles. The number of hydrogen-bond acceptors (Lipinski definition) is 20. The average Bonchev–Trinajstić information content (AvgIpc) is 2.40. The van der Waals surface area contributed by atoms with Crippen LogP contribution in [-0.4, -0.2) is 240 Å². The summed E-state index contributed by atoms with van der Waals surface area (Å²) in [7, 11) is 3.71. The van der Waals surface area contributed by atoms with Crippen molar-refractivity contribution in [2.75, 3.05) is 108 Å². The zero-order chi connectivity index (χ0) is 61.4. The quantitative estimate of drug-likeness (QED) is 0.0354. The number of aromatic nitrogens is 3. The minimum Gasteiger partial charge on any atom is -0.511 e. The Bertz CT molecular complexity index is 2550. The molecule has 1 aromatic heterocycles. The van der Waals surface area contributed by atoms with Gasteiger partial charge in [-0.1, -0.05) is 26.0 Å². The SMILES string of the molecule is CCN(CC)CC1(C)N(CC(=O)O)CCN(C)C/C(O)=C\C1(/C=C(/O)CN(C)C(C)Cc1ccc(Nc2nc(NCCCC[C@H](NC(=O)CC[C@H](NC(=O)N[C@@H](CCC(=O)O)C(=O)O)C(=O)O)C(=O)O)nc(N3CCCCC3)n2)cc1)CO. The topological polar surface area (TPSA) is 396 Å². The highest BCUT2D eigenvalue weighted by atomic mass is 16.4. The number of likely N-dealkylation sites (N-methyl/N-ethyl adjacent to an activating group) is 3. The van der Waals surface area contributed by atoms with E-state index in [0.29, 0.717) is 70.2 Å². The van der Waals surface area contributed by atoms with Crippen LogP contribution in [-0.2, 0) is 35.2 Å². The lowest BCUT2D eigenvalue weighted by molar-refractivity contribution is -0.143. The fourth-order valence-corrected chi connectivity index (χ4v) is 10.1. The normalized spacial score (nSPS) is 20.3. The third kappa shape index (κ3) is 21.7. The van der Waals surface area contributed by atoms with E-state index in [1.165, 1.54) is 0 Å². The molecule has 1 fully saturated rings. The lowest BCUT2D eigenvalue weighted by Crippen LogP contribution is -2.65. The molecule has 4 rings (SSSR count). The molecule has 2 aromatic rings. The standard InChI is InChI=1S/C55H87N13O15/c1-7-66(8-2)34-54(4)55(35-69,29-39(70)31-64(5)26-27-68(54)33-46(75)76)30-40(71)32-65(6)36(3)28-37-15-17-38(18-16-37)57-51-61-50(62-52(63-51)67-24-12-9-13-25-67)56-23-11-10-14-41(47(77)78)58-44(72)21-19-42(48(79)80)59-53(83)60-43(49(81)82)20-22-45(73)74/h15-18,29-30,36,41-43,69-71H,7-14,19-28,31-35H2,1-6H3,(H,58,72)(H,73,74)(H,75,76)(H,77,78)(H,79,80)(H,81,82)(H2,59,60,83)(H2,56,57,61,62,63)/b39-29+,40-30+/t36?,41-,42-,43-,54?,55?/m0/s1. The minimum absolute atomic E-state index is 0.000174. The van der Waals surface area contributed by atoms with E-state index in [4.69, 9.17) is 10.1 Å². The van der Waals surface area contributed by atoms with Gasteiger partial charge in [0.25, 0.3) is 0 Å². The molecule has 0 radical (unpaired) electrons. The molecule has 0 spiro atoms. The van der Waals surface area contributed by atoms with Gasteiger partial charge in [0.2, 0.25) is 23.8 Å². The van der Waals surface area contributed by atoms with E-state index in [2.05, 4.69) is 35.7 Å². The second-order valence-electron chi connectivity index (χ2n) is 21.6. The van der Waals surface area contributed by atoms with Gasteiger partial charge in [-0.15, -0.1) is 0 Å². The van der Waals surface area contributed by atoms with Gasteiger partial charge in [0.1, 0.15) is 29.6 Å². The highest BCUT2D eigenvalue weighted by Gasteiger charge is 2.51. The number of nitrogens with zero attached hydrogens (tertiary/aromatic N) is 8. The van der Waals surface area contributed by atoms with Crippen molar-refractivity contribution < 1.29 is 74.4 Å². The lowest BCUT2D eigenvalue weighted by atomic mass is 9.68. The van der Waals surface area contributed by atoms with Crippen LogP contribution in [0.1, 0.15) is 97.5 Å². The first-order valence-electron chi connectivity index (χ1n) is 28.2. The predicted octanol–water partition coefficient (Wildman–Crippen LogP) is 2.77. The number of anilines is 4. The van der Waals surface area contributed by atoms with E-state index >= 15 is 0 Å². The number of carbonyl (C=O) groups excluding carboxylic acids is 2. The number of urea groups is 1. The van der Waals surface area contributed by atoms with Crippen molar-refractivity contribution in [1.29, 1.82) is 0 Å². The molecule has 3 heterocycles. The fourth-order valence-electron chi connectivity index (χ4n) is 10.1. The molecule has 1 aromatic carbocycles. The second kappa shape index (κ2) is 33.0. The van der Waals surface area contributed by atoms with Crippen LogP contribution in [0, 0.1) is 5.41 Å². The smallest absolute Gasteiger partial charge is 0.326 e. The monoisotopic (exact) mass is 1170 g/mol. The third-order valence-corrected chi connectivity index (χ3v) is 15.3. The lowest BCUT2D eigenvalue weighted by Gasteiger charge is -2.53. The molecule has 3 unspecified atom stereocenters. The zero-order valence-corrected chi connectivity index (χ0v) is 48.6. The molecule has 0 bridgehead atoms. The number of rotatable bonds is 34. The Balaban J connectivity index is 1.38. The number of carbonyl (C=O) groups is 7. The molecule has 2 aliphatic rings. The summed E-state index contributed by atoms with van der Waals surface area (Å²) >= 11 is 0. The molecule has 462 valence electrons. The number of amides is 3. The van der Waals surface area contributed by atoms with Crippen molar-refractivity contribution in [3.8, 4) is 0 Å². The number of hydrogen-bond donors (Lipinski definition) is 13. The molecule has 3 amide bonds. The third-order valence-electron chi connectivity index (χ3n) is 15.3. The number of aliphatic carboxylic acids is 5. The van der Waals surface area contributed by atoms with Gasteiger partial charge in [0.15, 0.2) is 0 Å². The number of benzene rings is 1. The van der Waals surface area contributed by atoms with Crippen molar-refractivity contribution in [1.82, 2.24) is 50.5 Å². The van der Waals surface area contributed by atoms with Crippen LogP contribution in [0.25, 0.3) is 0 Å². The number of nitrogens with one attached hydrogen (secondary N) is 5. The van der Waals surface area contributed by atoms with Crippen molar-refractivity contribution >= 4 is 65.3 Å². The van der Waals surface area contributed by atoms with Gasteiger partial charge in [0.05, 0.1) is 31.7 Å². The molecular weight excluding hydrogens is 1080 g/mol. The largest absolute Gasteiger partial charge is 0.511 e. The Morgan fingerprint density at radius 3 is 1.94 bits per heavy atom. The van der Waals surface area contributed by atoms with Gasteiger partial charge in [0, 0.05) is 69.4 Å². The molecule has 13 N–H and O–H groups in total. The van der Waals surface area contributed by atoms with E-state index in [9.17, 15) is 69.3 Å². The Labute approximate surface area is 484 Å². The van der Waals surface area contributed by atoms with E-state index < -0.39 is 103 Å². The van der Waals surface area contributed by atoms with Crippen LogP contribution in [0.15, 0.2) is 47.9 Å². The first kappa shape index (κ1) is 68.1. The zero-order valence-electron chi connectivity index (χ0n) is 48.6. The average molecular weight is 1170 g/mol. The Morgan fingerprint density at radius 1 is 0.759 bits per heavy atom. The summed E-state index contributed by atoms with van der Waals surface area (Å²) in [5, 5.41) is 95.0. The van der Waals surface area contributed by atoms with Crippen molar-refractivity contribution in [2.45, 2.75) is 128 Å². The molecule has 2 aliphatic heterocycles. The van der Waals surface area contributed by atoms with Crippen molar-refractivity contribution in [2.24, 2.45) is 5.41 Å². The first-order valence-corrected chi connectivity index (χ1v) is 28.2. The van der Waals surface area contributed by atoms with Crippen LogP contribution in [0.4, 0.5) is 28.3 Å². The van der Waals surface area contributed by atoms with Crippen LogP contribution in [0.2, 0.25) is 0 Å². The van der Waals surface area contributed by atoms with Crippen LogP contribution < -0.4 is 31.5 Å². The van der Waals surface area contributed by atoms with Gasteiger partial charge in [-0.3, -0.25) is 29.1 Å². The summed E-state index contributed by atoms with van der Waals surface area (Å²) < 4.78 is 0. The summed E-state index contributed by atoms with van der Waals surface area (Å²) in [5.41, 5.74) is -0.770. The maximum atomic E-state index is 12.8. The Kier molecular flexibility index (Phi) is 27.1. The number of carboxylic acids is 5. The highest BCUT2D eigenvalue weighted by molar-refractivity contribution is 5.87. The predicted molar refractivity (Wildman–Crippen MR) is 308 cm³/mol. The van der Waals surface area contributed by atoms with Crippen molar-refractivity contribution in [3.63, 3.8) is 0 Å². The molecule has 6 atom stereocenters. The molecular formula is C55H87N13O15. The Morgan fingerprint density at radius 2 is 1.36 bits per heavy atom. The summed E-state index contributed by atoms with van der Waals surface area (Å²) in [6.45, 7) is 11.7. The number of carboxylic acid groups (broad SMARTS) is 5. The first-order chi connectivity index (χ1) is 39.3. The van der Waals surface area contributed by atoms with E-state index in [-0.39, 0.29) is 55.5 Å². The van der Waals surface area contributed by atoms with E-state index in [1.54, 1.807) is 12.2 Å². The number of aliphatic hydroxyl groups excluding tert-OH is 3. The van der Waals surface area contributed by atoms with Gasteiger partial charge >= 0.3 is 35.9 Å². The summed E-state index contributed by atoms with van der Waals surface area (Å²) in [6.07, 6.45) is 5.57. The number of aliphatic hydroxyl groups is 3. The maximum absolute atomic E-state index is 12.8. The Hall–Kier alpha value is -7.40. The van der Waals surface area contributed by atoms with Crippen LogP contribution >= 0.6 is 0 Å². The van der Waals surface area contributed by atoms with E-state index in [1.807, 2.05) is 91.4 Å². The second-order valence-corrected chi connectivity index (χ2v) is 21.6. The van der Waals surface area contributed by atoms with E-state index in [0.717, 1.165) is 37.9 Å². The minimum atomic E-state index is -1.66. The summed E-state index contributed by atoms with van der Waals surface area (Å²) in [5.74, 6) is -6.51. The van der Waals surface area contributed by atoms with Gasteiger partial charge in [-0.2, -0.15) is 15.0 Å². The number of unbranched alkanes of at least 4 members (excludes halogenated alkanes) is 1. The van der Waals surface area contributed by atoms with Crippen LogP contribution in [0.5, 0.6) is 0 Å². The molecule has 28 nitrogen and oxygen atoms in total. The molecule has 0 saturated carbocycles. The summed E-state index contributed by atoms with van der Waals surface area (Å²) in [6, 6.07) is 1.86. The molecule has 0 aliphatic carbocycles. The number of piperidine rings is 1. The molecule has 83 heavy (non-hydrogen) atoms. The molecule has 28 heteroatoms. The van der Waals surface area contributed by atoms with Gasteiger partial charge in [-0.05, 0) is 129 Å². The van der Waals surface area contributed by atoms with Gasteiger partial charge < -0.3 is 77.2 Å². The summed E-state index contributed by atoms with van der Waals surface area (Å²) in [4.78, 5) is 108. The van der Waals surface area contributed by atoms with Crippen molar-refractivity contribution in [3.05, 3.63) is 53.5 Å². The maximum Gasteiger partial charge on any atom is 0.326 e. The van der Waals surface area contributed by atoms with Gasteiger partial charge in [-0.25, -0.2) is 19.2 Å².